The monoisotopic (exact) mass is 204 g/mol. The van der Waals surface area contributed by atoms with Crippen molar-refractivity contribution in [3.8, 4) is 0 Å². The van der Waals surface area contributed by atoms with Gasteiger partial charge in [0, 0.05) is 0 Å². The van der Waals surface area contributed by atoms with Gasteiger partial charge in [-0.25, -0.2) is 0 Å². The van der Waals surface area contributed by atoms with E-state index < -0.39 is 0 Å². The molecule has 0 nitrogen and oxygen atoms in total. The van der Waals surface area contributed by atoms with E-state index in [0.717, 1.165) is 12.8 Å². The van der Waals surface area contributed by atoms with Crippen LogP contribution in [0.1, 0.15) is 52.9 Å². The Morgan fingerprint density at radius 1 is 1.27 bits per heavy atom. The first-order valence-corrected chi connectivity index (χ1v) is 5.99. The van der Waals surface area contributed by atoms with Crippen LogP contribution in [0, 0.1) is 5.41 Å². The zero-order chi connectivity index (χ0) is 11.3. The highest BCUT2D eigenvalue weighted by molar-refractivity contribution is 5.10. The molecule has 0 amide bonds. The van der Waals surface area contributed by atoms with E-state index in [0.29, 0.717) is 5.41 Å². The van der Waals surface area contributed by atoms with Crippen molar-refractivity contribution in [3.05, 3.63) is 36.0 Å². The Hall–Kier alpha value is -0.780. The Bertz CT molecular complexity index is 276. The summed E-state index contributed by atoms with van der Waals surface area (Å²) in [5, 5.41) is 0. The van der Waals surface area contributed by atoms with Gasteiger partial charge < -0.3 is 0 Å². The Morgan fingerprint density at radius 2 is 2.00 bits per heavy atom. The minimum absolute atomic E-state index is 0.333. The highest BCUT2D eigenvalue weighted by atomic mass is 14.2. The molecule has 84 valence electrons. The van der Waals surface area contributed by atoms with E-state index >= 15 is 0 Å². The van der Waals surface area contributed by atoms with Crippen LogP contribution < -0.4 is 0 Å². The van der Waals surface area contributed by atoms with Gasteiger partial charge in [-0.05, 0) is 44.4 Å². The van der Waals surface area contributed by atoms with Gasteiger partial charge in [0.1, 0.15) is 0 Å². The summed E-state index contributed by atoms with van der Waals surface area (Å²) in [5.74, 6) is 0. The first kappa shape index (κ1) is 12.3. The van der Waals surface area contributed by atoms with Gasteiger partial charge in [0.05, 0.1) is 0 Å². The molecule has 0 aliphatic heterocycles. The van der Waals surface area contributed by atoms with Crippen molar-refractivity contribution in [2.75, 3.05) is 0 Å². The van der Waals surface area contributed by atoms with Gasteiger partial charge >= 0.3 is 0 Å². The minimum Gasteiger partial charge on any atom is -0.0995 e. The van der Waals surface area contributed by atoms with Gasteiger partial charge in [0.2, 0.25) is 0 Å². The van der Waals surface area contributed by atoms with Crippen LogP contribution in [0.5, 0.6) is 0 Å². The third-order valence-corrected chi connectivity index (χ3v) is 3.13. The number of allylic oxidation sites excluding steroid dienone is 5. The summed E-state index contributed by atoms with van der Waals surface area (Å²) in [6.45, 7) is 11.0. The summed E-state index contributed by atoms with van der Waals surface area (Å²) in [6, 6.07) is 0. The molecule has 0 aromatic rings. The molecule has 0 saturated heterocycles. The summed E-state index contributed by atoms with van der Waals surface area (Å²) in [7, 11) is 0. The van der Waals surface area contributed by atoms with E-state index in [2.05, 4.69) is 45.6 Å². The molecule has 0 unspecified atom stereocenters. The molecule has 0 N–H and O–H groups in total. The summed E-state index contributed by atoms with van der Waals surface area (Å²) < 4.78 is 0. The Kier molecular flexibility index (Phi) is 4.38. The Balaban J connectivity index is 2.71. The third kappa shape index (κ3) is 5.01. The number of rotatable bonds is 0. The fourth-order valence-corrected chi connectivity index (χ4v) is 1.87. The van der Waals surface area contributed by atoms with E-state index in [1.165, 1.54) is 30.4 Å². The van der Waals surface area contributed by atoms with Crippen LogP contribution >= 0.6 is 0 Å². The van der Waals surface area contributed by atoms with Crippen molar-refractivity contribution in [2.45, 2.75) is 52.9 Å². The molecule has 1 aliphatic carbocycles. The summed E-state index contributed by atoms with van der Waals surface area (Å²) in [4.78, 5) is 0. The van der Waals surface area contributed by atoms with Crippen molar-refractivity contribution in [2.24, 2.45) is 5.41 Å². The third-order valence-electron chi connectivity index (χ3n) is 3.13. The molecule has 0 heteroatoms. The highest BCUT2D eigenvalue weighted by Gasteiger charge is 2.13. The minimum atomic E-state index is 0.333. The Morgan fingerprint density at radius 3 is 2.73 bits per heavy atom. The predicted octanol–water partition coefficient (Wildman–Crippen LogP) is 5.04. The zero-order valence-electron chi connectivity index (χ0n) is 10.5. The summed E-state index contributed by atoms with van der Waals surface area (Å²) >= 11 is 0. The van der Waals surface area contributed by atoms with Crippen LogP contribution in [0.3, 0.4) is 0 Å². The van der Waals surface area contributed by atoms with Crippen molar-refractivity contribution in [1.82, 2.24) is 0 Å². The molecule has 0 saturated carbocycles. The number of hydrogen-bond donors (Lipinski definition) is 0. The van der Waals surface area contributed by atoms with Crippen molar-refractivity contribution >= 4 is 0 Å². The molecule has 1 rings (SSSR count). The maximum absolute atomic E-state index is 4.11. The average molecular weight is 204 g/mol. The second-order valence-electron chi connectivity index (χ2n) is 5.43. The molecule has 15 heavy (non-hydrogen) atoms. The highest BCUT2D eigenvalue weighted by Crippen LogP contribution is 2.28. The SMILES string of the molecule is C=C1CC=CC(C)(C)CCC(C)=CCC1. The van der Waals surface area contributed by atoms with E-state index in [-0.39, 0.29) is 0 Å². The van der Waals surface area contributed by atoms with Crippen LogP contribution in [0.25, 0.3) is 0 Å². The Labute approximate surface area is 94.8 Å². The zero-order valence-corrected chi connectivity index (χ0v) is 10.5. The lowest BCUT2D eigenvalue weighted by molar-refractivity contribution is 0.436. The molecule has 0 atom stereocenters. The van der Waals surface area contributed by atoms with Gasteiger partial charge in [-0.2, -0.15) is 0 Å². The van der Waals surface area contributed by atoms with E-state index in [1.807, 2.05) is 0 Å². The van der Waals surface area contributed by atoms with Gasteiger partial charge in [-0.15, -0.1) is 0 Å². The maximum Gasteiger partial charge on any atom is -0.0141 e. The number of hydrogen-bond acceptors (Lipinski definition) is 0. The van der Waals surface area contributed by atoms with Crippen molar-refractivity contribution in [1.29, 1.82) is 0 Å². The van der Waals surface area contributed by atoms with Crippen LogP contribution in [0.2, 0.25) is 0 Å². The standard InChI is InChI=1S/C15H24/c1-13-7-5-8-14(2)10-12-15(3,4)11-6-9-13/h6,8,11H,1,5,7,9-10,12H2,2-4H3. The quantitative estimate of drug-likeness (QED) is 0.485. The fraction of sp³-hybridized carbons (Fsp3) is 0.600. The second kappa shape index (κ2) is 5.34. The lowest BCUT2D eigenvalue weighted by Gasteiger charge is -2.20. The van der Waals surface area contributed by atoms with Gasteiger partial charge in [-0.3, -0.25) is 0 Å². The van der Waals surface area contributed by atoms with E-state index in [4.69, 9.17) is 0 Å². The van der Waals surface area contributed by atoms with Crippen molar-refractivity contribution in [3.63, 3.8) is 0 Å². The van der Waals surface area contributed by atoms with Gasteiger partial charge in [0.15, 0.2) is 0 Å². The van der Waals surface area contributed by atoms with Crippen LogP contribution in [-0.2, 0) is 0 Å². The lowest BCUT2D eigenvalue weighted by atomic mass is 9.86. The normalized spacial score (nSPS) is 23.1. The average Bonchev–Trinajstić information content (AvgIpc) is 2.15. The summed E-state index contributed by atoms with van der Waals surface area (Å²) in [6.07, 6.45) is 12.9. The van der Waals surface area contributed by atoms with E-state index in [1.54, 1.807) is 0 Å². The molecule has 0 fully saturated rings. The molecule has 0 bridgehead atoms. The lowest BCUT2D eigenvalue weighted by Crippen LogP contribution is -2.07. The largest absolute Gasteiger partial charge is 0.0995 e. The smallest absolute Gasteiger partial charge is 0.0141 e. The van der Waals surface area contributed by atoms with Crippen molar-refractivity contribution < 1.29 is 0 Å². The van der Waals surface area contributed by atoms with Gasteiger partial charge in [0.25, 0.3) is 0 Å². The molecular formula is C15H24. The molecule has 1 aliphatic rings. The molecule has 0 heterocycles. The van der Waals surface area contributed by atoms with E-state index in [9.17, 15) is 0 Å². The second-order valence-corrected chi connectivity index (χ2v) is 5.43. The fourth-order valence-electron chi connectivity index (χ4n) is 1.87. The molecular weight excluding hydrogens is 180 g/mol. The first-order valence-electron chi connectivity index (χ1n) is 5.99. The van der Waals surface area contributed by atoms with Gasteiger partial charge in [-0.1, -0.05) is 49.8 Å². The topological polar surface area (TPSA) is 0 Å². The molecule has 0 aromatic heterocycles. The molecule has 0 spiro atoms. The molecule has 0 aromatic carbocycles. The van der Waals surface area contributed by atoms with Crippen LogP contribution in [-0.4, -0.2) is 0 Å². The van der Waals surface area contributed by atoms with Crippen LogP contribution in [0.4, 0.5) is 0 Å². The maximum atomic E-state index is 4.11. The first-order chi connectivity index (χ1) is 6.99. The predicted molar refractivity (Wildman–Crippen MR) is 68.9 cm³/mol. The van der Waals surface area contributed by atoms with Crippen LogP contribution in [0.15, 0.2) is 36.0 Å². The molecule has 0 radical (unpaired) electrons. The summed E-state index contributed by atoms with van der Waals surface area (Å²) in [5.41, 5.74) is 3.22.